The normalized spacial score (nSPS) is 28.1. The maximum absolute atomic E-state index is 12.1. The molecule has 5 nitrogen and oxygen atoms in total. The van der Waals surface area contributed by atoms with Crippen LogP contribution in [0.3, 0.4) is 0 Å². The van der Waals surface area contributed by atoms with Crippen molar-refractivity contribution in [3.63, 3.8) is 0 Å². The number of carbonyl (C=O) groups excluding carboxylic acids is 1. The molecule has 1 fully saturated rings. The van der Waals surface area contributed by atoms with Crippen LogP contribution in [0.25, 0.3) is 6.08 Å². The van der Waals surface area contributed by atoms with Crippen LogP contribution in [0, 0.1) is 11.8 Å². The van der Waals surface area contributed by atoms with Crippen LogP contribution >= 0.6 is 0 Å². The lowest BCUT2D eigenvalue weighted by Gasteiger charge is -2.30. The highest BCUT2D eigenvalue weighted by molar-refractivity contribution is 6.07. The van der Waals surface area contributed by atoms with Gasteiger partial charge in [-0.15, -0.1) is 0 Å². The molecule has 2 aliphatic rings. The topological polar surface area (TPSA) is 59.0 Å². The number of nitrogens with zero attached hydrogens (tertiary/aromatic N) is 2. The Balaban J connectivity index is 1.77. The van der Waals surface area contributed by atoms with Crippen molar-refractivity contribution in [1.29, 1.82) is 0 Å². The van der Waals surface area contributed by atoms with Crippen molar-refractivity contribution in [3.8, 4) is 0 Å². The molecule has 3 unspecified atom stereocenters. The molecule has 0 N–H and O–H groups in total. The van der Waals surface area contributed by atoms with Crippen molar-refractivity contribution in [3.05, 3.63) is 53.9 Å². The Kier molecular flexibility index (Phi) is 3.63. The zero-order valence-corrected chi connectivity index (χ0v) is 13.8. The number of rotatable bonds is 2. The first kappa shape index (κ1) is 15.0. The summed E-state index contributed by atoms with van der Waals surface area (Å²) in [6.07, 6.45) is 7.29. The fraction of sp³-hybridized carbons (Fsp3) is 0.368. The second kappa shape index (κ2) is 5.82. The predicted molar refractivity (Wildman–Crippen MR) is 90.0 cm³/mol. The first-order valence-electron chi connectivity index (χ1n) is 8.29. The van der Waals surface area contributed by atoms with E-state index in [-0.39, 0.29) is 17.9 Å². The van der Waals surface area contributed by atoms with Gasteiger partial charge in [-0.2, -0.15) is 5.10 Å². The Labute approximate surface area is 140 Å². The summed E-state index contributed by atoms with van der Waals surface area (Å²) >= 11 is 0. The Morgan fingerprint density at radius 1 is 1.29 bits per heavy atom. The molecule has 5 heteroatoms. The van der Waals surface area contributed by atoms with Gasteiger partial charge in [-0.1, -0.05) is 6.92 Å². The summed E-state index contributed by atoms with van der Waals surface area (Å²) in [5.41, 5.74) is 2.13. The number of hydrogen-bond donors (Lipinski definition) is 0. The summed E-state index contributed by atoms with van der Waals surface area (Å²) in [7, 11) is 0. The van der Waals surface area contributed by atoms with E-state index in [1.165, 1.54) is 0 Å². The molecule has 4 rings (SSSR count). The van der Waals surface area contributed by atoms with Gasteiger partial charge in [-0.3, -0.25) is 4.79 Å². The Hall–Kier alpha value is -2.56. The summed E-state index contributed by atoms with van der Waals surface area (Å²) < 4.78 is 11.1. The number of furan rings is 2. The van der Waals surface area contributed by atoms with Crippen LogP contribution in [0.1, 0.15) is 44.3 Å². The number of hydrazone groups is 1. The van der Waals surface area contributed by atoms with Crippen LogP contribution in [-0.4, -0.2) is 16.6 Å². The van der Waals surface area contributed by atoms with E-state index in [0.29, 0.717) is 5.92 Å². The van der Waals surface area contributed by atoms with Gasteiger partial charge < -0.3 is 8.83 Å². The lowest BCUT2D eigenvalue weighted by molar-refractivity contribution is -0.131. The Bertz CT molecular complexity index is 787. The standard InChI is InChI=1S/C19H20N2O3/c1-12-9-14(11-15-5-3-7-23-15)18-16(10-12)19(17-6-4-8-24-17)21(20-18)13(2)22/h3-8,11-12,16,19H,9-10H2,1-2H3. The van der Waals surface area contributed by atoms with E-state index in [0.717, 1.165) is 35.6 Å². The van der Waals surface area contributed by atoms with Crippen molar-refractivity contribution in [2.75, 3.05) is 0 Å². The summed E-state index contributed by atoms with van der Waals surface area (Å²) in [6, 6.07) is 7.44. The molecule has 3 atom stereocenters. The minimum Gasteiger partial charge on any atom is -0.467 e. The van der Waals surface area contributed by atoms with Crippen LogP contribution in [-0.2, 0) is 4.79 Å². The minimum absolute atomic E-state index is 0.0664. The molecule has 1 aliphatic heterocycles. The number of carbonyl (C=O) groups is 1. The van der Waals surface area contributed by atoms with Gasteiger partial charge in [0.05, 0.1) is 18.2 Å². The largest absolute Gasteiger partial charge is 0.467 e. The van der Waals surface area contributed by atoms with Crippen molar-refractivity contribution in [2.45, 2.75) is 32.7 Å². The minimum atomic E-state index is -0.157. The molecule has 0 aromatic carbocycles. The molecule has 1 saturated carbocycles. The second-order valence-corrected chi connectivity index (χ2v) is 6.65. The number of hydrogen-bond acceptors (Lipinski definition) is 4. The number of allylic oxidation sites excluding steroid dienone is 1. The van der Waals surface area contributed by atoms with Crippen LogP contribution < -0.4 is 0 Å². The van der Waals surface area contributed by atoms with E-state index in [1.807, 2.05) is 30.3 Å². The molecule has 24 heavy (non-hydrogen) atoms. The Morgan fingerprint density at radius 2 is 2.08 bits per heavy atom. The smallest absolute Gasteiger partial charge is 0.240 e. The van der Waals surface area contributed by atoms with E-state index >= 15 is 0 Å². The van der Waals surface area contributed by atoms with Crippen LogP contribution in [0.15, 0.2) is 56.3 Å². The van der Waals surface area contributed by atoms with Gasteiger partial charge in [-0.05, 0) is 54.7 Å². The molecule has 0 radical (unpaired) electrons. The Morgan fingerprint density at radius 3 is 2.75 bits per heavy atom. The summed E-state index contributed by atoms with van der Waals surface area (Å²) in [5, 5.41) is 6.25. The molecule has 1 aliphatic carbocycles. The summed E-state index contributed by atoms with van der Waals surface area (Å²) in [5.74, 6) is 2.21. The highest BCUT2D eigenvalue weighted by atomic mass is 16.3. The van der Waals surface area contributed by atoms with E-state index < -0.39 is 0 Å². The molecule has 2 aromatic rings. The summed E-state index contributed by atoms with van der Waals surface area (Å²) in [6.45, 7) is 3.79. The lowest BCUT2D eigenvalue weighted by Crippen LogP contribution is -2.32. The van der Waals surface area contributed by atoms with Crippen LogP contribution in [0.4, 0.5) is 0 Å². The fourth-order valence-corrected chi connectivity index (χ4v) is 3.83. The molecule has 0 saturated heterocycles. The first-order valence-corrected chi connectivity index (χ1v) is 8.29. The first-order chi connectivity index (χ1) is 11.6. The molecular weight excluding hydrogens is 304 g/mol. The molecule has 3 heterocycles. The van der Waals surface area contributed by atoms with Gasteiger partial charge in [0.2, 0.25) is 5.91 Å². The van der Waals surface area contributed by atoms with Gasteiger partial charge in [0.15, 0.2) is 0 Å². The zero-order chi connectivity index (χ0) is 16.7. The molecule has 1 amide bonds. The third-order valence-corrected chi connectivity index (χ3v) is 4.78. The quantitative estimate of drug-likeness (QED) is 0.829. The average Bonchev–Trinajstić information content (AvgIpc) is 3.26. The van der Waals surface area contributed by atoms with E-state index in [2.05, 4.69) is 12.0 Å². The number of amides is 1. The van der Waals surface area contributed by atoms with Gasteiger partial charge in [0.1, 0.15) is 17.6 Å². The maximum atomic E-state index is 12.1. The van der Waals surface area contributed by atoms with E-state index in [9.17, 15) is 4.79 Å². The summed E-state index contributed by atoms with van der Waals surface area (Å²) in [4.78, 5) is 12.1. The molecule has 0 bridgehead atoms. The molecule has 124 valence electrons. The lowest BCUT2D eigenvalue weighted by atomic mass is 9.74. The monoisotopic (exact) mass is 324 g/mol. The molecule has 2 aromatic heterocycles. The highest BCUT2D eigenvalue weighted by Crippen LogP contribution is 2.46. The van der Waals surface area contributed by atoms with Crippen molar-refractivity contribution in [2.24, 2.45) is 16.9 Å². The third kappa shape index (κ3) is 2.50. The second-order valence-electron chi connectivity index (χ2n) is 6.65. The van der Waals surface area contributed by atoms with Crippen molar-refractivity contribution < 1.29 is 13.6 Å². The predicted octanol–water partition coefficient (Wildman–Crippen LogP) is 4.26. The van der Waals surface area contributed by atoms with Gasteiger partial charge in [0, 0.05) is 12.8 Å². The maximum Gasteiger partial charge on any atom is 0.240 e. The zero-order valence-electron chi connectivity index (χ0n) is 13.8. The SMILES string of the molecule is CC(=O)N1N=C2C(=Cc3ccco3)CC(C)CC2C1c1ccco1. The van der Waals surface area contributed by atoms with Crippen LogP contribution in [0.2, 0.25) is 0 Å². The third-order valence-electron chi connectivity index (χ3n) is 4.78. The average molecular weight is 324 g/mol. The van der Waals surface area contributed by atoms with Gasteiger partial charge in [0.25, 0.3) is 0 Å². The van der Waals surface area contributed by atoms with Crippen LogP contribution in [0.5, 0.6) is 0 Å². The van der Waals surface area contributed by atoms with E-state index in [4.69, 9.17) is 8.83 Å². The fourth-order valence-electron chi connectivity index (χ4n) is 3.83. The molecule has 0 spiro atoms. The van der Waals surface area contributed by atoms with E-state index in [1.54, 1.807) is 24.5 Å². The van der Waals surface area contributed by atoms with Crippen molar-refractivity contribution >= 4 is 17.7 Å². The van der Waals surface area contributed by atoms with Crippen molar-refractivity contribution in [1.82, 2.24) is 5.01 Å². The highest BCUT2D eigenvalue weighted by Gasteiger charge is 2.45. The van der Waals surface area contributed by atoms with Gasteiger partial charge >= 0.3 is 0 Å². The van der Waals surface area contributed by atoms with Gasteiger partial charge in [-0.25, -0.2) is 5.01 Å². The molecular formula is C19H20N2O3. The number of fused-ring (bicyclic) bond motifs is 1.